The topological polar surface area (TPSA) is 42.9 Å². The SMILES string of the molecule is C=CCN1CCC(NC(=NC)NCC2(N3CCSCC3)CCCCC2)CC1. The van der Waals surface area contributed by atoms with E-state index in [1.54, 1.807) is 0 Å². The van der Waals surface area contributed by atoms with Crippen LogP contribution in [0.25, 0.3) is 0 Å². The van der Waals surface area contributed by atoms with E-state index in [1.807, 2.05) is 13.1 Å². The number of hydrogen-bond donors (Lipinski definition) is 2. The van der Waals surface area contributed by atoms with Crippen molar-refractivity contribution in [1.29, 1.82) is 0 Å². The molecule has 3 aliphatic rings. The second kappa shape index (κ2) is 10.7. The minimum Gasteiger partial charge on any atom is -0.355 e. The molecular formula is C21H39N5S. The normalized spacial score (nSPS) is 25.9. The van der Waals surface area contributed by atoms with Crippen molar-refractivity contribution in [3.8, 4) is 0 Å². The molecule has 0 aromatic heterocycles. The van der Waals surface area contributed by atoms with Gasteiger partial charge in [-0.15, -0.1) is 6.58 Å². The van der Waals surface area contributed by atoms with E-state index in [4.69, 9.17) is 0 Å². The van der Waals surface area contributed by atoms with Crippen molar-refractivity contribution >= 4 is 17.7 Å². The zero-order valence-electron chi connectivity index (χ0n) is 17.2. The Morgan fingerprint density at radius 2 is 1.85 bits per heavy atom. The molecule has 2 aliphatic heterocycles. The standard InChI is InChI=1S/C21H39N5S/c1-3-11-25-12-7-19(8-13-25)24-20(22-2)23-18-21(9-5-4-6-10-21)26-14-16-27-17-15-26/h3,19H,1,4-18H2,2H3,(H2,22,23,24). The molecule has 0 spiro atoms. The molecule has 0 aromatic rings. The summed E-state index contributed by atoms with van der Waals surface area (Å²) in [7, 11) is 1.91. The molecule has 154 valence electrons. The molecule has 3 fully saturated rings. The number of guanidine groups is 1. The third-order valence-corrected chi connectivity index (χ3v) is 7.53. The lowest BCUT2D eigenvalue weighted by atomic mass is 9.80. The molecule has 0 bridgehead atoms. The monoisotopic (exact) mass is 393 g/mol. The maximum atomic E-state index is 4.54. The van der Waals surface area contributed by atoms with Crippen LogP contribution in [0.3, 0.4) is 0 Å². The highest BCUT2D eigenvalue weighted by molar-refractivity contribution is 7.99. The van der Waals surface area contributed by atoms with Crippen LogP contribution in [-0.4, -0.2) is 85.2 Å². The van der Waals surface area contributed by atoms with Crippen molar-refractivity contribution in [3.63, 3.8) is 0 Å². The van der Waals surface area contributed by atoms with Crippen LogP contribution in [0.5, 0.6) is 0 Å². The van der Waals surface area contributed by atoms with Gasteiger partial charge in [0.25, 0.3) is 0 Å². The van der Waals surface area contributed by atoms with Crippen LogP contribution in [0, 0.1) is 0 Å². The minimum atomic E-state index is 0.337. The second-order valence-corrected chi connectivity index (χ2v) is 9.54. The zero-order valence-corrected chi connectivity index (χ0v) is 18.0. The van der Waals surface area contributed by atoms with E-state index >= 15 is 0 Å². The number of likely N-dealkylation sites (tertiary alicyclic amines) is 1. The van der Waals surface area contributed by atoms with E-state index in [-0.39, 0.29) is 0 Å². The fraction of sp³-hybridized carbons (Fsp3) is 0.857. The Balaban J connectivity index is 1.51. The Bertz CT molecular complexity index is 475. The summed E-state index contributed by atoms with van der Waals surface area (Å²) in [6, 6.07) is 0.533. The minimum absolute atomic E-state index is 0.337. The van der Waals surface area contributed by atoms with Crippen LogP contribution >= 0.6 is 11.8 Å². The van der Waals surface area contributed by atoms with Gasteiger partial charge < -0.3 is 10.6 Å². The largest absolute Gasteiger partial charge is 0.355 e. The molecule has 0 amide bonds. The van der Waals surface area contributed by atoms with E-state index in [2.05, 4.69) is 43.8 Å². The summed E-state index contributed by atoms with van der Waals surface area (Å²) in [6.07, 6.45) is 11.2. The number of thioether (sulfide) groups is 1. The number of piperidine rings is 1. The van der Waals surface area contributed by atoms with Crippen molar-refractivity contribution < 1.29 is 0 Å². The Morgan fingerprint density at radius 1 is 1.15 bits per heavy atom. The predicted octanol–water partition coefficient (Wildman–Crippen LogP) is 2.55. The van der Waals surface area contributed by atoms with Crippen LogP contribution in [0.15, 0.2) is 17.6 Å². The number of nitrogens with zero attached hydrogens (tertiary/aromatic N) is 3. The summed E-state index contributed by atoms with van der Waals surface area (Å²) in [5.41, 5.74) is 0.337. The third-order valence-electron chi connectivity index (χ3n) is 6.59. The zero-order chi connectivity index (χ0) is 19.0. The first-order valence-corrected chi connectivity index (χ1v) is 12.0. The lowest BCUT2D eigenvalue weighted by molar-refractivity contribution is 0.0625. The van der Waals surface area contributed by atoms with Crippen LogP contribution in [-0.2, 0) is 0 Å². The predicted molar refractivity (Wildman–Crippen MR) is 119 cm³/mol. The highest BCUT2D eigenvalue weighted by Crippen LogP contribution is 2.34. The molecular weight excluding hydrogens is 354 g/mol. The number of hydrogen-bond acceptors (Lipinski definition) is 4. The van der Waals surface area contributed by atoms with Gasteiger partial charge in [-0.3, -0.25) is 14.8 Å². The molecule has 1 saturated carbocycles. The molecule has 1 aliphatic carbocycles. The van der Waals surface area contributed by atoms with E-state index < -0.39 is 0 Å². The summed E-state index contributed by atoms with van der Waals surface area (Å²) < 4.78 is 0. The summed E-state index contributed by atoms with van der Waals surface area (Å²) in [4.78, 5) is 9.81. The Morgan fingerprint density at radius 3 is 2.48 bits per heavy atom. The van der Waals surface area contributed by atoms with Gasteiger partial charge in [-0.05, 0) is 25.7 Å². The highest BCUT2D eigenvalue weighted by atomic mass is 32.2. The van der Waals surface area contributed by atoms with E-state index in [1.165, 1.54) is 69.5 Å². The average molecular weight is 394 g/mol. The maximum absolute atomic E-state index is 4.54. The quantitative estimate of drug-likeness (QED) is 0.412. The molecule has 0 radical (unpaired) electrons. The molecule has 2 heterocycles. The van der Waals surface area contributed by atoms with Crippen LogP contribution < -0.4 is 10.6 Å². The van der Waals surface area contributed by atoms with Gasteiger partial charge in [0.1, 0.15) is 0 Å². The average Bonchev–Trinajstić information content (AvgIpc) is 2.74. The Labute approximate surface area is 170 Å². The number of rotatable bonds is 6. The molecule has 0 aromatic carbocycles. The van der Waals surface area contributed by atoms with Crippen molar-refractivity contribution in [2.24, 2.45) is 4.99 Å². The molecule has 0 atom stereocenters. The third kappa shape index (κ3) is 5.88. The molecule has 0 unspecified atom stereocenters. The first-order valence-electron chi connectivity index (χ1n) is 10.9. The Kier molecular flexibility index (Phi) is 8.34. The van der Waals surface area contributed by atoms with Crippen molar-refractivity contribution in [3.05, 3.63) is 12.7 Å². The highest BCUT2D eigenvalue weighted by Gasteiger charge is 2.38. The van der Waals surface area contributed by atoms with Crippen molar-refractivity contribution in [1.82, 2.24) is 20.4 Å². The van der Waals surface area contributed by atoms with Crippen LogP contribution in [0.4, 0.5) is 0 Å². The fourth-order valence-corrected chi connectivity index (χ4v) is 5.83. The first kappa shape index (κ1) is 21.0. The molecule has 27 heavy (non-hydrogen) atoms. The summed E-state index contributed by atoms with van der Waals surface area (Å²) in [5.74, 6) is 3.57. The van der Waals surface area contributed by atoms with Gasteiger partial charge in [-0.25, -0.2) is 0 Å². The molecule has 6 heteroatoms. The van der Waals surface area contributed by atoms with Gasteiger partial charge in [0, 0.05) is 69.4 Å². The lowest BCUT2D eigenvalue weighted by Gasteiger charge is -2.48. The van der Waals surface area contributed by atoms with E-state index in [0.717, 1.165) is 32.1 Å². The summed E-state index contributed by atoms with van der Waals surface area (Å²) in [6.45, 7) is 10.7. The molecule has 3 rings (SSSR count). The second-order valence-electron chi connectivity index (χ2n) is 8.32. The number of aliphatic imine (C=N–C) groups is 1. The fourth-order valence-electron chi connectivity index (χ4n) is 4.93. The maximum Gasteiger partial charge on any atom is 0.191 e. The molecule has 5 nitrogen and oxygen atoms in total. The van der Waals surface area contributed by atoms with Gasteiger partial charge in [0.15, 0.2) is 5.96 Å². The molecule has 2 N–H and O–H groups in total. The van der Waals surface area contributed by atoms with Crippen molar-refractivity contribution in [2.45, 2.75) is 56.5 Å². The lowest BCUT2D eigenvalue weighted by Crippen LogP contribution is -2.60. The number of nitrogens with one attached hydrogen (secondary N) is 2. The summed E-state index contributed by atoms with van der Waals surface area (Å²) >= 11 is 2.11. The molecule has 2 saturated heterocycles. The first-order chi connectivity index (χ1) is 13.3. The smallest absolute Gasteiger partial charge is 0.191 e. The van der Waals surface area contributed by atoms with Crippen LogP contribution in [0.1, 0.15) is 44.9 Å². The van der Waals surface area contributed by atoms with Crippen molar-refractivity contribution in [2.75, 3.05) is 57.8 Å². The van der Waals surface area contributed by atoms with Gasteiger partial charge in [-0.1, -0.05) is 25.3 Å². The van der Waals surface area contributed by atoms with E-state index in [9.17, 15) is 0 Å². The van der Waals surface area contributed by atoms with Crippen LogP contribution in [0.2, 0.25) is 0 Å². The van der Waals surface area contributed by atoms with Gasteiger partial charge in [0.05, 0.1) is 0 Å². The van der Waals surface area contributed by atoms with Gasteiger partial charge in [-0.2, -0.15) is 11.8 Å². The Hall–Kier alpha value is -0.720. The summed E-state index contributed by atoms with van der Waals surface area (Å²) in [5, 5.41) is 7.41. The van der Waals surface area contributed by atoms with E-state index in [0.29, 0.717) is 11.6 Å². The van der Waals surface area contributed by atoms with Gasteiger partial charge in [0.2, 0.25) is 0 Å². The van der Waals surface area contributed by atoms with Gasteiger partial charge >= 0.3 is 0 Å².